The van der Waals surface area contributed by atoms with Gasteiger partial charge in [-0.2, -0.15) is 13.2 Å². The molecule has 7 N–H and O–H groups in total. The maximum atomic E-state index is 15.5. The SMILES string of the molecule is C[C@@H]1CC[C@@H]2C3[C@@H](OC(C)(OO)CC[C@H]31)O[C@@](OCCCCN(CC(=O)NCCCNCCCCNCCCN)CC1=C(CF)OC(O)[C@@]34OC(C)(C)CC[C@H]3[C@H](C)CCC14)(C(F)(F)F)[C@@H]2C. The second kappa shape index (κ2) is 23.7. The third-order valence-electron chi connectivity index (χ3n) is 16.5. The summed E-state index contributed by atoms with van der Waals surface area (Å²) in [5, 5.41) is 31.3. The number of alkyl halides is 4. The van der Waals surface area contributed by atoms with Gasteiger partial charge < -0.3 is 50.5 Å². The highest BCUT2D eigenvalue weighted by Gasteiger charge is 2.70. The number of amides is 1. The zero-order valence-electron chi connectivity index (χ0n) is 41.2. The van der Waals surface area contributed by atoms with Crippen LogP contribution in [0.15, 0.2) is 11.3 Å². The van der Waals surface area contributed by atoms with Crippen LogP contribution < -0.4 is 21.7 Å². The van der Waals surface area contributed by atoms with E-state index in [0.29, 0.717) is 50.8 Å². The first-order valence-corrected chi connectivity index (χ1v) is 25.7. The first-order chi connectivity index (χ1) is 31.8. The van der Waals surface area contributed by atoms with Gasteiger partial charge >= 0.3 is 6.18 Å². The lowest BCUT2D eigenvalue weighted by molar-refractivity contribution is -0.494. The summed E-state index contributed by atoms with van der Waals surface area (Å²) in [6.45, 7) is 15.1. The lowest BCUT2D eigenvalue weighted by Crippen LogP contribution is -2.68. The van der Waals surface area contributed by atoms with Crippen LogP contribution in [0, 0.1) is 47.3 Å². The van der Waals surface area contributed by atoms with Crippen LogP contribution in [0.4, 0.5) is 17.6 Å². The third kappa shape index (κ3) is 12.5. The smallest absolute Gasteiger partial charge is 0.443 e. The van der Waals surface area contributed by atoms with E-state index in [0.717, 1.165) is 77.5 Å². The minimum absolute atomic E-state index is 0.0252. The van der Waals surface area contributed by atoms with Crippen molar-refractivity contribution in [3.8, 4) is 0 Å². The van der Waals surface area contributed by atoms with E-state index in [4.69, 9.17) is 34.3 Å². The van der Waals surface area contributed by atoms with Crippen molar-refractivity contribution in [1.82, 2.24) is 20.9 Å². The van der Waals surface area contributed by atoms with Gasteiger partial charge in [0.25, 0.3) is 5.79 Å². The van der Waals surface area contributed by atoms with Crippen LogP contribution in [0.1, 0.15) is 131 Å². The second-order valence-corrected chi connectivity index (χ2v) is 21.6. The molecule has 2 saturated carbocycles. The number of aliphatic hydroxyl groups is 1. The molecule has 0 aromatic rings. The van der Waals surface area contributed by atoms with Gasteiger partial charge in [-0.1, -0.05) is 27.2 Å². The molecular formula is C49H85F4N5O9. The van der Waals surface area contributed by atoms with Crippen LogP contribution in [0.3, 0.4) is 0 Å². The highest BCUT2D eigenvalue weighted by Crippen LogP contribution is 2.60. The van der Waals surface area contributed by atoms with E-state index in [1.54, 1.807) is 6.92 Å². The molecule has 1 spiro atoms. The summed E-state index contributed by atoms with van der Waals surface area (Å²) in [5.74, 6) is -6.31. The average Bonchev–Trinajstić information content (AvgIpc) is 3.42. The van der Waals surface area contributed by atoms with Gasteiger partial charge in [-0.25, -0.2) is 14.5 Å². The Balaban J connectivity index is 1.13. The fraction of sp³-hybridized carbons (Fsp3) is 0.939. The van der Waals surface area contributed by atoms with Crippen molar-refractivity contribution in [1.29, 1.82) is 0 Å². The number of hydrogen-bond acceptors (Lipinski definition) is 13. The molecule has 18 heteroatoms. The molecule has 67 heavy (non-hydrogen) atoms. The normalized spacial score (nSPS) is 37.3. The topological polar surface area (TPSA) is 178 Å². The number of carbonyl (C=O) groups excluding carboxylic acids is 1. The van der Waals surface area contributed by atoms with E-state index in [9.17, 15) is 15.2 Å². The fourth-order valence-corrected chi connectivity index (χ4v) is 12.8. The fourth-order valence-electron chi connectivity index (χ4n) is 12.8. The molecule has 0 radical (unpaired) electrons. The van der Waals surface area contributed by atoms with Crippen molar-refractivity contribution >= 4 is 5.91 Å². The van der Waals surface area contributed by atoms with E-state index in [-0.39, 0.29) is 79.8 Å². The number of nitrogens with one attached hydrogen (secondary N) is 3. The molecule has 1 amide bonds. The van der Waals surface area contributed by atoms with E-state index in [2.05, 4.69) is 29.8 Å². The number of carbonyl (C=O) groups is 1. The molecule has 5 fully saturated rings. The number of allylic oxidation sites excluding steroid dienone is 1. The van der Waals surface area contributed by atoms with Crippen molar-refractivity contribution in [2.24, 2.45) is 53.1 Å². The van der Waals surface area contributed by atoms with Crippen molar-refractivity contribution < 1.29 is 61.3 Å². The van der Waals surface area contributed by atoms with Crippen LogP contribution in [-0.2, 0) is 33.4 Å². The molecule has 0 aromatic carbocycles. The maximum Gasteiger partial charge on any atom is 0.443 e. The molecule has 13 atom stereocenters. The zero-order chi connectivity index (χ0) is 48.6. The molecule has 3 saturated heterocycles. The van der Waals surface area contributed by atoms with Gasteiger partial charge in [-0.3, -0.25) is 9.69 Å². The molecule has 2 aliphatic carbocycles. The largest absolute Gasteiger partial charge is 0.463 e. The molecule has 0 bridgehead atoms. The Labute approximate surface area is 396 Å². The Kier molecular flexibility index (Phi) is 19.3. The molecule has 6 rings (SSSR count). The van der Waals surface area contributed by atoms with E-state index in [1.807, 2.05) is 18.7 Å². The number of unbranched alkanes of at least 4 members (excludes halogenated alkanes) is 2. The van der Waals surface area contributed by atoms with Crippen LogP contribution in [0.25, 0.3) is 0 Å². The van der Waals surface area contributed by atoms with Crippen LogP contribution in [0.5, 0.6) is 0 Å². The molecular weight excluding hydrogens is 879 g/mol. The van der Waals surface area contributed by atoms with Crippen molar-refractivity contribution in [3.05, 3.63) is 11.3 Å². The standard InChI is InChI=1S/C49H85F4N5O9/c1-32-13-15-36-34(3)48(49(51,52)53,65-43-42(36)35(32)17-20-46(6,64-43)67-61)62-28-10-9-27-58(31-41(59)57-26-12-25-56-23-8-7-22-55-24-11-21-54)30-37-39-16-14-33(2)38-18-19-45(4,5)66-47(38,39)44(60)63-40(37)29-50/h32-36,38-39,42-44,55-56,60-61H,7-31,54H2,1-6H3,(H,57,59)/t32-,33-,34-,35+,36+,38+,39?,42?,43+,44?,46?,47-,48-/m1/s1. The van der Waals surface area contributed by atoms with Gasteiger partial charge in [0.2, 0.25) is 18.0 Å². The number of aliphatic hydroxyl groups excluding tert-OH is 1. The minimum atomic E-state index is -4.91. The van der Waals surface area contributed by atoms with Gasteiger partial charge in [-0.05, 0) is 172 Å². The summed E-state index contributed by atoms with van der Waals surface area (Å²) in [4.78, 5) is 20.3. The summed E-state index contributed by atoms with van der Waals surface area (Å²) < 4.78 is 92.5. The van der Waals surface area contributed by atoms with Crippen LogP contribution >= 0.6 is 0 Å². The third-order valence-corrected chi connectivity index (χ3v) is 16.5. The van der Waals surface area contributed by atoms with Gasteiger partial charge in [0.1, 0.15) is 18.0 Å². The molecule has 388 valence electrons. The Hall–Kier alpha value is -1.71. The molecule has 0 aromatic heterocycles. The van der Waals surface area contributed by atoms with Gasteiger partial charge in [0.05, 0.1) is 18.8 Å². The molecule has 14 nitrogen and oxygen atoms in total. The van der Waals surface area contributed by atoms with E-state index in [1.165, 1.54) is 6.92 Å². The number of rotatable bonds is 24. The van der Waals surface area contributed by atoms with Crippen molar-refractivity contribution in [2.45, 2.75) is 173 Å². The first-order valence-electron chi connectivity index (χ1n) is 25.7. The van der Waals surface area contributed by atoms with Crippen molar-refractivity contribution in [2.75, 3.05) is 72.2 Å². The Morgan fingerprint density at radius 1 is 0.866 bits per heavy atom. The summed E-state index contributed by atoms with van der Waals surface area (Å²) in [7, 11) is 0. The summed E-state index contributed by atoms with van der Waals surface area (Å²) in [6, 6.07) is 0. The van der Waals surface area contributed by atoms with E-state index >= 15 is 17.6 Å². The number of hydrogen-bond donors (Lipinski definition) is 6. The Morgan fingerprint density at radius 2 is 1.57 bits per heavy atom. The van der Waals surface area contributed by atoms with Crippen LogP contribution in [-0.4, -0.2) is 135 Å². The number of nitrogens with zero attached hydrogens (tertiary/aromatic N) is 1. The predicted octanol–water partition coefficient (Wildman–Crippen LogP) is 7.01. The van der Waals surface area contributed by atoms with Gasteiger partial charge in [-0.15, -0.1) is 0 Å². The quantitative estimate of drug-likeness (QED) is 0.0252. The average molecular weight is 964 g/mol. The van der Waals surface area contributed by atoms with Crippen LogP contribution in [0.2, 0.25) is 0 Å². The Bertz CT molecular complexity index is 1620. The number of ether oxygens (including phenoxy) is 5. The summed E-state index contributed by atoms with van der Waals surface area (Å²) in [6.07, 6.45) is 2.12. The number of nitrogens with two attached hydrogens (primary N) is 1. The summed E-state index contributed by atoms with van der Waals surface area (Å²) in [5.41, 5.74) is 4.56. The summed E-state index contributed by atoms with van der Waals surface area (Å²) >= 11 is 0. The second-order valence-electron chi connectivity index (χ2n) is 21.6. The first kappa shape index (κ1) is 54.6. The number of halogens is 4. The predicted molar refractivity (Wildman–Crippen MR) is 245 cm³/mol. The van der Waals surface area contributed by atoms with Gasteiger partial charge in [0, 0.05) is 37.3 Å². The minimum Gasteiger partial charge on any atom is -0.463 e. The Morgan fingerprint density at radius 3 is 2.25 bits per heavy atom. The monoisotopic (exact) mass is 964 g/mol. The zero-order valence-corrected chi connectivity index (χ0v) is 41.2. The maximum absolute atomic E-state index is 15.5. The highest BCUT2D eigenvalue weighted by atomic mass is 19.4. The molecule has 4 unspecified atom stereocenters. The molecule has 6 aliphatic rings. The lowest BCUT2D eigenvalue weighted by Gasteiger charge is -2.61. The molecule has 4 aliphatic heterocycles. The lowest BCUT2D eigenvalue weighted by atomic mass is 9.57. The molecule has 4 heterocycles. The highest BCUT2D eigenvalue weighted by molar-refractivity contribution is 5.78. The van der Waals surface area contributed by atoms with Crippen molar-refractivity contribution in [3.63, 3.8) is 0 Å². The van der Waals surface area contributed by atoms with Gasteiger partial charge in [0.15, 0.2) is 6.29 Å². The van der Waals surface area contributed by atoms with E-state index < -0.39 is 60.0 Å².